The Morgan fingerprint density at radius 3 is 2.65 bits per heavy atom. The highest BCUT2D eigenvalue weighted by atomic mass is 16.3. The molecule has 1 aliphatic carbocycles. The molecule has 0 aliphatic heterocycles. The van der Waals surface area contributed by atoms with Gasteiger partial charge in [-0.3, -0.25) is 0 Å². The van der Waals surface area contributed by atoms with Crippen molar-refractivity contribution in [1.82, 2.24) is 0 Å². The summed E-state index contributed by atoms with van der Waals surface area (Å²) < 4.78 is 0. The maximum atomic E-state index is 10.5. The first-order valence-electron chi connectivity index (χ1n) is 7.00. The standard InChI is InChI=1S/C16H24O/c1-3-10-16(17,4-2)12-13-8-9-14-6-5-7-15(14)11-13/h8-9,11,17H,3-7,10,12H2,1-2H3. The summed E-state index contributed by atoms with van der Waals surface area (Å²) in [5.41, 5.74) is 3.84. The molecule has 0 saturated carbocycles. The van der Waals surface area contributed by atoms with Gasteiger partial charge in [0.15, 0.2) is 0 Å². The minimum Gasteiger partial charge on any atom is -0.390 e. The Bertz CT molecular complexity index is 383. The summed E-state index contributed by atoms with van der Waals surface area (Å²) >= 11 is 0. The molecule has 1 N–H and O–H groups in total. The van der Waals surface area contributed by atoms with E-state index in [1.165, 1.54) is 36.0 Å². The third kappa shape index (κ3) is 2.90. The maximum Gasteiger partial charge on any atom is 0.0685 e. The molecule has 17 heavy (non-hydrogen) atoms. The summed E-state index contributed by atoms with van der Waals surface area (Å²) in [4.78, 5) is 0. The number of benzene rings is 1. The predicted molar refractivity (Wildman–Crippen MR) is 72.3 cm³/mol. The molecule has 1 aromatic carbocycles. The molecule has 0 amide bonds. The van der Waals surface area contributed by atoms with E-state index in [1.807, 2.05) is 0 Å². The van der Waals surface area contributed by atoms with Crippen LogP contribution in [-0.2, 0) is 19.3 Å². The number of rotatable bonds is 5. The molecule has 2 rings (SSSR count). The molecule has 1 nitrogen and oxygen atoms in total. The quantitative estimate of drug-likeness (QED) is 0.821. The molecule has 0 spiro atoms. The van der Waals surface area contributed by atoms with Crippen molar-refractivity contribution >= 4 is 0 Å². The zero-order valence-corrected chi connectivity index (χ0v) is 11.1. The fourth-order valence-electron chi connectivity index (χ4n) is 2.97. The highest BCUT2D eigenvalue weighted by Crippen LogP contribution is 2.27. The first-order chi connectivity index (χ1) is 8.17. The molecule has 1 aliphatic rings. The summed E-state index contributed by atoms with van der Waals surface area (Å²) in [6.45, 7) is 4.23. The van der Waals surface area contributed by atoms with E-state index >= 15 is 0 Å². The van der Waals surface area contributed by atoms with Gasteiger partial charge in [0.1, 0.15) is 0 Å². The van der Waals surface area contributed by atoms with Gasteiger partial charge >= 0.3 is 0 Å². The van der Waals surface area contributed by atoms with Crippen molar-refractivity contribution in [2.45, 2.75) is 64.4 Å². The van der Waals surface area contributed by atoms with E-state index in [2.05, 4.69) is 32.0 Å². The van der Waals surface area contributed by atoms with E-state index in [-0.39, 0.29) is 0 Å². The van der Waals surface area contributed by atoms with Crippen LogP contribution in [0.15, 0.2) is 18.2 Å². The summed E-state index contributed by atoms with van der Waals surface area (Å²) in [6.07, 6.45) is 7.37. The molecule has 0 saturated heterocycles. The zero-order valence-electron chi connectivity index (χ0n) is 11.1. The molecule has 0 heterocycles. The van der Waals surface area contributed by atoms with Gasteiger partial charge in [0.05, 0.1) is 5.60 Å². The van der Waals surface area contributed by atoms with Crippen molar-refractivity contribution in [3.63, 3.8) is 0 Å². The van der Waals surface area contributed by atoms with Gasteiger partial charge < -0.3 is 5.11 Å². The van der Waals surface area contributed by atoms with Crippen molar-refractivity contribution < 1.29 is 5.11 Å². The van der Waals surface area contributed by atoms with Crippen LogP contribution in [0.3, 0.4) is 0 Å². The van der Waals surface area contributed by atoms with Crippen molar-refractivity contribution in [2.24, 2.45) is 0 Å². The van der Waals surface area contributed by atoms with Crippen LogP contribution in [0.4, 0.5) is 0 Å². The molecule has 1 aromatic rings. The van der Waals surface area contributed by atoms with E-state index < -0.39 is 5.60 Å². The second-order valence-corrected chi connectivity index (χ2v) is 5.46. The molecule has 1 atom stereocenters. The lowest BCUT2D eigenvalue weighted by Gasteiger charge is -2.26. The average Bonchev–Trinajstić information content (AvgIpc) is 2.76. The first kappa shape index (κ1) is 12.6. The Hall–Kier alpha value is -0.820. The number of aliphatic hydroxyl groups is 1. The summed E-state index contributed by atoms with van der Waals surface area (Å²) in [5.74, 6) is 0. The topological polar surface area (TPSA) is 20.2 Å². The van der Waals surface area contributed by atoms with Crippen molar-refractivity contribution in [2.75, 3.05) is 0 Å². The third-order valence-electron chi connectivity index (χ3n) is 4.07. The van der Waals surface area contributed by atoms with Gasteiger partial charge in [0.2, 0.25) is 0 Å². The summed E-state index contributed by atoms with van der Waals surface area (Å²) in [7, 11) is 0. The van der Waals surface area contributed by atoms with Gasteiger partial charge in [-0.15, -0.1) is 0 Å². The lowest BCUT2D eigenvalue weighted by Crippen LogP contribution is -2.30. The van der Waals surface area contributed by atoms with Gasteiger partial charge in [0.25, 0.3) is 0 Å². The normalized spacial score (nSPS) is 17.8. The van der Waals surface area contributed by atoms with Crippen LogP contribution in [0.2, 0.25) is 0 Å². The molecule has 94 valence electrons. The largest absolute Gasteiger partial charge is 0.390 e. The van der Waals surface area contributed by atoms with Crippen LogP contribution in [0.5, 0.6) is 0 Å². The predicted octanol–water partition coefficient (Wildman–Crippen LogP) is 3.66. The second-order valence-electron chi connectivity index (χ2n) is 5.46. The molecule has 0 radical (unpaired) electrons. The van der Waals surface area contributed by atoms with Gasteiger partial charge in [-0.05, 0) is 48.8 Å². The molecule has 0 aromatic heterocycles. The van der Waals surface area contributed by atoms with Crippen LogP contribution >= 0.6 is 0 Å². The lowest BCUT2D eigenvalue weighted by molar-refractivity contribution is 0.0271. The Labute approximate surface area is 105 Å². The fraction of sp³-hybridized carbons (Fsp3) is 0.625. The average molecular weight is 232 g/mol. The Morgan fingerprint density at radius 2 is 1.94 bits per heavy atom. The molecule has 0 bridgehead atoms. The fourth-order valence-corrected chi connectivity index (χ4v) is 2.97. The Balaban J connectivity index is 2.12. The lowest BCUT2D eigenvalue weighted by atomic mass is 9.87. The second kappa shape index (κ2) is 5.22. The van der Waals surface area contributed by atoms with Crippen LogP contribution in [0, 0.1) is 0 Å². The maximum absolute atomic E-state index is 10.5. The van der Waals surface area contributed by atoms with Gasteiger partial charge in [-0.1, -0.05) is 38.5 Å². The Kier molecular flexibility index (Phi) is 3.88. The van der Waals surface area contributed by atoms with Gasteiger partial charge in [-0.2, -0.15) is 0 Å². The minimum absolute atomic E-state index is 0.498. The highest BCUT2D eigenvalue weighted by Gasteiger charge is 2.24. The van der Waals surface area contributed by atoms with Gasteiger partial charge in [-0.25, -0.2) is 0 Å². The summed E-state index contributed by atoms with van der Waals surface area (Å²) in [6, 6.07) is 6.79. The van der Waals surface area contributed by atoms with Gasteiger partial charge in [0, 0.05) is 6.42 Å². The minimum atomic E-state index is -0.498. The number of aryl methyl sites for hydroxylation is 2. The molecule has 1 unspecified atom stereocenters. The highest BCUT2D eigenvalue weighted by molar-refractivity contribution is 5.35. The van der Waals surface area contributed by atoms with E-state index in [0.717, 1.165) is 25.7 Å². The van der Waals surface area contributed by atoms with E-state index in [0.29, 0.717) is 0 Å². The van der Waals surface area contributed by atoms with E-state index in [4.69, 9.17) is 0 Å². The third-order valence-corrected chi connectivity index (χ3v) is 4.07. The number of fused-ring (bicyclic) bond motifs is 1. The number of hydrogen-bond donors (Lipinski definition) is 1. The first-order valence-corrected chi connectivity index (χ1v) is 7.00. The monoisotopic (exact) mass is 232 g/mol. The molecule has 0 fully saturated rings. The van der Waals surface area contributed by atoms with Crippen molar-refractivity contribution in [3.8, 4) is 0 Å². The molecular weight excluding hydrogens is 208 g/mol. The van der Waals surface area contributed by atoms with Crippen molar-refractivity contribution in [3.05, 3.63) is 34.9 Å². The SMILES string of the molecule is CCCC(O)(CC)Cc1ccc2c(c1)CCC2. The van der Waals surface area contributed by atoms with Crippen LogP contribution in [0.1, 0.15) is 56.2 Å². The Morgan fingerprint density at radius 1 is 1.18 bits per heavy atom. The van der Waals surface area contributed by atoms with E-state index in [1.54, 1.807) is 0 Å². The number of hydrogen-bond acceptors (Lipinski definition) is 1. The smallest absolute Gasteiger partial charge is 0.0685 e. The van der Waals surface area contributed by atoms with Crippen LogP contribution < -0.4 is 0 Å². The summed E-state index contributed by atoms with van der Waals surface area (Å²) in [5, 5.41) is 10.5. The van der Waals surface area contributed by atoms with Crippen LogP contribution in [-0.4, -0.2) is 10.7 Å². The van der Waals surface area contributed by atoms with Crippen molar-refractivity contribution in [1.29, 1.82) is 0 Å². The van der Waals surface area contributed by atoms with Crippen LogP contribution in [0.25, 0.3) is 0 Å². The zero-order chi connectivity index (χ0) is 12.3. The molecule has 1 heteroatoms. The molecular formula is C16H24O. The van der Waals surface area contributed by atoms with E-state index in [9.17, 15) is 5.11 Å².